The Morgan fingerprint density at radius 2 is 2.00 bits per heavy atom. The number of nitrogens with one attached hydrogen (secondary N) is 1. The molecule has 0 radical (unpaired) electrons. The molecule has 0 spiro atoms. The van der Waals surface area contributed by atoms with E-state index >= 15 is 0 Å². The molecule has 1 amide bonds. The van der Waals surface area contributed by atoms with E-state index in [0.717, 1.165) is 17.3 Å². The van der Waals surface area contributed by atoms with Gasteiger partial charge >= 0.3 is 0 Å². The molecule has 1 atom stereocenters. The van der Waals surface area contributed by atoms with Crippen molar-refractivity contribution in [3.05, 3.63) is 51.0 Å². The van der Waals surface area contributed by atoms with Gasteiger partial charge in [0.2, 0.25) is 5.91 Å². The van der Waals surface area contributed by atoms with Gasteiger partial charge in [-0.2, -0.15) is 10.5 Å². The van der Waals surface area contributed by atoms with Gasteiger partial charge in [-0.25, -0.2) is 4.98 Å². The normalized spacial score (nSPS) is 11.3. The molecule has 1 aromatic heterocycles. The zero-order chi connectivity index (χ0) is 19.3. The molecule has 2 aromatic rings. The first-order valence-corrected chi connectivity index (χ1v) is 9.07. The molecule has 26 heavy (non-hydrogen) atoms. The lowest BCUT2D eigenvalue weighted by atomic mass is 10.1. The topological polar surface area (TPSA) is 116 Å². The Kier molecular flexibility index (Phi) is 6.70. The number of nitrogen functional groups attached to an aromatic ring is 1. The van der Waals surface area contributed by atoms with Crippen molar-refractivity contribution in [3.8, 4) is 12.1 Å². The summed E-state index contributed by atoms with van der Waals surface area (Å²) in [5.41, 5.74) is 6.73. The molecular weight excluding hydrogens is 393 g/mol. The Morgan fingerprint density at radius 3 is 2.62 bits per heavy atom. The van der Waals surface area contributed by atoms with Gasteiger partial charge in [0.05, 0.1) is 22.9 Å². The van der Waals surface area contributed by atoms with Crippen LogP contribution in [0.3, 0.4) is 0 Å². The molecule has 0 aliphatic rings. The van der Waals surface area contributed by atoms with Gasteiger partial charge < -0.3 is 11.1 Å². The van der Waals surface area contributed by atoms with E-state index in [0.29, 0.717) is 15.1 Å². The Morgan fingerprint density at radius 1 is 1.31 bits per heavy atom. The summed E-state index contributed by atoms with van der Waals surface area (Å²) in [6.45, 7) is 1.80. The van der Waals surface area contributed by atoms with Crippen molar-refractivity contribution < 1.29 is 4.79 Å². The van der Waals surface area contributed by atoms with E-state index in [9.17, 15) is 4.79 Å². The SMILES string of the molecule is C[C@@H](NC(=O)CSc1nc(N)c(C#N)cc1C#N)c1ccc(Cl)cc1Cl. The summed E-state index contributed by atoms with van der Waals surface area (Å²) in [5, 5.41) is 22.2. The molecule has 0 fully saturated rings. The van der Waals surface area contributed by atoms with Crippen LogP contribution in [0.5, 0.6) is 0 Å². The number of carbonyl (C=O) groups is 1. The van der Waals surface area contributed by atoms with Crippen LogP contribution < -0.4 is 11.1 Å². The van der Waals surface area contributed by atoms with Crippen molar-refractivity contribution in [2.45, 2.75) is 18.0 Å². The molecule has 1 heterocycles. The Hall–Kier alpha value is -2.45. The summed E-state index contributed by atoms with van der Waals surface area (Å²) < 4.78 is 0. The predicted octanol–water partition coefficient (Wildman–Crippen LogP) is 3.68. The number of pyridine rings is 1. The largest absolute Gasteiger partial charge is 0.383 e. The average molecular weight is 406 g/mol. The van der Waals surface area contributed by atoms with Gasteiger partial charge in [0.15, 0.2) is 0 Å². The van der Waals surface area contributed by atoms with Gasteiger partial charge in [-0.3, -0.25) is 4.79 Å². The van der Waals surface area contributed by atoms with Crippen molar-refractivity contribution in [2.24, 2.45) is 0 Å². The van der Waals surface area contributed by atoms with E-state index in [1.54, 1.807) is 25.1 Å². The summed E-state index contributed by atoms with van der Waals surface area (Å²) in [4.78, 5) is 16.2. The van der Waals surface area contributed by atoms with Crippen molar-refractivity contribution >= 4 is 46.7 Å². The quantitative estimate of drug-likeness (QED) is 0.732. The summed E-state index contributed by atoms with van der Waals surface area (Å²) >= 11 is 13.1. The van der Waals surface area contributed by atoms with Gasteiger partial charge in [-0.15, -0.1) is 0 Å². The maximum atomic E-state index is 12.2. The van der Waals surface area contributed by atoms with E-state index < -0.39 is 0 Å². The number of nitriles is 2. The summed E-state index contributed by atoms with van der Waals surface area (Å²) in [6, 6.07) is 9.91. The molecule has 0 saturated carbocycles. The molecule has 0 aliphatic heterocycles. The second-order valence-electron chi connectivity index (χ2n) is 5.24. The minimum absolute atomic E-state index is 0.0238. The number of nitrogens with zero attached hydrogens (tertiary/aromatic N) is 3. The first-order chi connectivity index (χ1) is 12.3. The highest BCUT2D eigenvalue weighted by molar-refractivity contribution is 8.00. The molecule has 3 N–H and O–H groups in total. The number of benzene rings is 1. The third kappa shape index (κ3) is 4.80. The summed E-state index contributed by atoms with van der Waals surface area (Å²) in [6.07, 6.45) is 0. The van der Waals surface area contributed by atoms with Crippen LogP contribution >= 0.6 is 35.0 Å². The lowest BCUT2D eigenvalue weighted by Crippen LogP contribution is -2.28. The number of rotatable bonds is 5. The molecular formula is C17H13Cl2N5OS. The monoisotopic (exact) mass is 405 g/mol. The maximum absolute atomic E-state index is 12.2. The van der Waals surface area contributed by atoms with Crippen molar-refractivity contribution in [1.82, 2.24) is 10.3 Å². The molecule has 0 bridgehead atoms. The molecule has 6 nitrogen and oxygen atoms in total. The van der Waals surface area contributed by atoms with Gasteiger partial charge in [0, 0.05) is 10.0 Å². The Labute approximate surface area is 164 Å². The summed E-state index contributed by atoms with van der Waals surface area (Å²) in [5.74, 6) is -0.208. The fraction of sp³-hybridized carbons (Fsp3) is 0.176. The fourth-order valence-corrected chi connectivity index (χ4v) is 3.48. The number of carbonyl (C=O) groups excluding carboxylic acids is 1. The highest BCUT2D eigenvalue weighted by atomic mass is 35.5. The highest BCUT2D eigenvalue weighted by Gasteiger charge is 2.15. The molecule has 132 valence electrons. The van der Waals surface area contributed by atoms with E-state index in [1.165, 1.54) is 6.07 Å². The number of nitrogens with two attached hydrogens (primary N) is 1. The van der Waals surface area contributed by atoms with E-state index in [1.807, 2.05) is 12.1 Å². The third-order valence-electron chi connectivity index (χ3n) is 3.40. The number of anilines is 1. The lowest BCUT2D eigenvalue weighted by molar-refractivity contribution is -0.119. The molecule has 0 saturated heterocycles. The Balaban J connectivity index is 2.04. The van der Waals surface area contributed by atoms with Gasteiger partial charge in [0.25, 0.3) is 0 Å². The van der Waals surface area contributed by atoms with Gasteiger partial charge in [0.1, 0.15) is 23.0 Å². The van der Waals surface area contributed by atoms with Gasteiger partial charge in [-0.05, 0) is 30.7 Å². The van der Waals surface area contributed by atoms with E-state index in [-0.39, 0.29) is 34.6 Å². The fourth-order valence-electron chi connectivity index (χ4n) is 2.14. The van der Waals surface area contributed by atoms with E-state index in [2.05, 4.69) is 10.3 Å². The number of halogens is 2. The number of hydrogen-bond acceptors (Lipinski definition) is 6. The minimum atomic E-state index is -0.317. The number of amides is 1. The standard InChI is InChI=1S/C17H13Cl2N5OS/c1-9(13-3-2-12(18)5-14(13)19)23-15(25)8-26-17-11(7-21)4-10(6-20)16(22)24-17/h2-5,9H,8H2,1H3,(H2,22,24)(H,23,25)/t9-/m1/s1. The zero-order valence-electron chi connectivity index (χ0n) is 13.6. The van der Waals surface area contributed by atoms with Crippen LogP contribution in [-0.4, -0.2) is 16.6 Å². The number of hydrogen-bond donors (Lipinski definition) is 2. The van der Waals surface area contributed by atoms with Crippen LogP contribution in [0.15, 0.2) is 29.3 Å². The zero-order valence-corrected chi connectivity index (χ0v) is 15.9. The molecule has 0 unspecified atom stereocenters. The van der Waals surface area contributed by atoms with Crippen molar-refractivity contribution in [1.29, 1.82) is 10.5 Å². The second kappa shape index (κ2) is 8.77. The highest BCUT2D eigenvalue weighted by Crippen LogP contribution is 2.27. The Bertz CT molecular complexity index is 936. The molecule has 9 heteroatoms. The van der Waals surface area contributed by atoms with Crippen LogP contribution in [0.2, 0.25) is 10.0 Å². The van der Waals surface area contributed by atoms with Crippen LogP contribution in [0.1, 0.15) is 29.7 Å². The summed E-state index contributed by atoms with van der Waals surface area (Å²) in [7, 11) is 0. The maximum Gasteiger partial charge on any atom is 0.230 e. The van der Waals surface area contributed by atoms with E-state index in [4.69, 9.17) is 39.5 Å². The first kappa shape index (κ1) is 19.9. The lowest BCUT2D eigenvalue weighted by Gasteiger charge is -2.16. The van der Waals surface area contributed by atoms with Crippen LogP contribution in [0.4, 0.5) is 5.82 Å². The average Bonchev–Trinajstić information content (AvgIpc) is 2.59. The first-order valence-electron chi connectivity index (χ1n) is 7.33. The van der Waals surface area contributed by atoms with Gasteiger partial charge in [-0.1, -0.05) is 41.0 Å². The number of aromatic nitrogens is 1. The molecule has 2 rings (SSSR count). The molecule has 0 aliphatic carbocycles. The number of thioether (sulfide) groups is 1. The smallest absolute Gasteiger partial charge is 0.230 e. The second-order valence-corrected chi connectivity index (χ2v) is 7.05. The van der Waals surface area contributed by atoms with Crippen LogP contribution in [0.25, 0.3) is 0 Å². The predicted molar refractivity (Wildman–Crippen MR) is 102 cm³/mol. The molecule has 1 aromatic carbocycles. The van der Waals surface area contributed by atoms with Crippen LogP contribution in [0, 0.1) is 22.7 Å². The minimum Gasteiger partial charge on any atom is -0.383 e. The van der Waals surface area contributed by atoms with Crippen LogP contribution in [-0.2, 0) is 4.79 Å². The third-order valence-corrected chi connectivity index (χ3v) is 4.96. The van der Waals surface area contributed by atoms with Crippen molar-refractivity contribution in [2.75, 3.05) is 11.5 Å². The van der Waals surface area contributed by atoms with Crippen molar-refractivity contribution in [3.63, 3.8) is 0 Å².